The van der Waals surface area contributed by atoms with Crippen LogP contribution in [0.5, 0.6) is 0 Å². The monoisotopic (exact) mass is 380 g/mol. The molecule has 0 bridgehead atoms. The highest BCUT2D eigenvalue weighted by molar-refractivity contribution is 9.11. The second-order valence-electron chi connectivity index (χ2n) is 3.61. The topological polar surface area (TPSA) is 0 Å². The second-order valence-corrected chi connectivity index (χ2v) is 6.93. The van der Waals surface area contributed by atoms with Gasteiger partial charge in [0, 0.05) is 10.4 Å². The number of halogens is 4. The molecule has 0 N–H and O–H groups in total. The van der Waals surface area contributed by atoms with Gasteiger partial charge >= 0.3 is 0 Å². The summed E-state index contributed by atoms with van der Waals surface area (Å²) in [6, 6.07) is 6.17. The Labute approximate surface area is 119 Å². The Morgan fingerprint density at radius 2 is 2.00 bits per heavy atom. The van der Waals surface area contributed by atoms with E-state index in [-0.39, 0.29) is 4.83 Å². The number of hydrogen-bond donors (Lipinski definition) is 0. The lowest BCUT2D eigenvalue weighted by Gasteiger charge is -2.09. The van der Waals surface area contributed by atoms with Crippen LogP contribution in [0.25, 0.3) is 0 Å². The summed E-state index contributed by atoms with van der Waals surface area (Å²) in [6.07, 6.45) is 0. The van der Waals surface area contributed by atoms with E-state index in [0.29, 0.717) is 5.56 Å². The zero-order valence-corrected chi connectivity index (χ0v) is 12.8. The maximum Gasteiger partial charge on any atom is 0.163 e. The minimum Gasteiger partial charge on any atom is -0.204 e. The summed E-state index contributed by atoms with van der Waals surface area (Å²) in [4.78, 5) is 0.618. The molecule has 1 aromatic carbocycles. The molecule has 0 amide bonds. The Kier molecular flexibility index (Phi) is 4.00. The SMILES string of the molecule is Cc1cc(C(Br)c2cccc(F)c2F)sc1Br. The Morgan fingerprint density at radius 3 is 2.59 bits per heavy atom. The first-order valence-electron chi connectivity index (χ1n) is 4.84. The summed E-state index contributed by atoms with van der Waals surface area (Å²) in [5.74, 6) is -1.61. The van der Waals surface area contributed by atoms with Gasteiger partial charge in [-0.25, -0.2) is 8.78 Å². The highest BCUT2D eigenvalue weighted by atomic mass is 79.9. The Hall–Kier alpha value is -0.260. The van der Waals surface area contributed by atoms with E-state index in [9.17, 15) is 8.78 Å². The molecule has 0 nitrogen and oxygen atoms in total. The van der Waals surface area contributed by atoms with Gasteiger partial charge in [-0.1, -0.05) is 28.1 Å². The van der Waals surface area contributed by atoms with Crippen LogP contribution < -0.4 is 0 Å². The van der Waals surface area contributed by atoms with Gasteiger partial charge < -0.3 is 0 Å². The fourth-order valence-electron chi connectivity index (χ4n) is 1.48. The molecule has 5 heteroatoms. The Morgan fingerprint density at radius 1 is 1.29 bits per heavy atom. The van der Waals surface area contributed by atoms with Crippen LogP contribution in [0.3, 0.4) is 0 Å². The van der Waals surface area contributed by atoms with E-state index in [1.165, 1.54) is 17.4 Å². The molecule has 0 radical (unpaired) electrons. The lowest BCUT2D eigenvalue weighted by molar-refractivity contribution is 0.501. The summed E-state index contributed by atoms with van der Waals surface area (Å²) in [5.41, 5.74) is 1.41. The highest BCUT2D eigenvalue weighted by Crippen LogP contribution is 2.40. The lowest BCUT2D eigenvalue weighted by atomic mass is 10.1. The smallest absolute Gasteiger partial charge is 0.163 e. The van der Waals surface area contributed by atoms with Gasteiger partial charge in [-0.3, -0.25) is 0 Å². The molecule has 2 rings (SSSR count). The molecule has 90 valence electrons. The van der Waals surface area contributed by atoms with Gasteiger partial charge in [0.25, 0.3) is 0 Å². The summed E-state index contributed by atoms with van der Waals surface area (Å²) >= 11 is 8.34. The molecule has 0 saturated carbocycles. The average molecular weight is 382 g/mol. The van der Waals surface area contributed by atoms with E-state index >= 15 is 0 Å². The van der Waals surface area contributed by atoms with Crippen LogP contribution in [0, 0.1) is 18.6 Å². The van der Waals surface area contributed by atoms with Gasteiger partial charge in [0.2, 0.25) is 0 Å². The first kappa shape index (κ1) is 13.2. The molecule has 0 aliphatic carbocycles. The Bertz CT molecular complexity index is 532. The van der Waals surface area contributed by atoms with Crippen LogP contribution >= 0.6 is 43.2 Å². The van der Waals surface area contributed by atoms with E-state index in [1.54, 1.807) is 6.07 Å². The van der Waals surface area contributed by atoms with Crippen molar-refractivity contribution in [1.82, 2.24) is 0 Å². The predicted molar refractivity (Wildman–Crippen MR) is 73.9 cm³/mol. The van der Waals surface area contributed by atoms with E-state index in [2.05, 4.69) is 31.9 Å². The van der Waals surface area contributed by atoms with Gasteiger partial charge in [0.05, 0.1) is 8.61 Å². The third kappa shape index (κ3) is 2.61. The van der Waals surface area contributed by atoms with E-state index in [4.69, 9.17) is 0 Å². The molecule has 1 atom stereocenters. The summed E-state index contributed by atoms with van der Waals surface area (Å²) in [5, 5.41) is 0. The third-order valence-corrected chi connectivity index (χ3v) is 5.87. The van der Waals surface area contributed by atoms with Crippen LogP contribution in [-0.2, 0) is 0 Å². The summed E-state index contributed by atoms with van der Waals surface area (Å²) < 4.78 is 27.8. The van der Waals surface area contributed by atoms with Crippen molar-refractivity contribution < 1.29 is 8.78 Å². The highest BCUT2D eigenvalue weighted by Gasteiger charge is 2.19. The van der Waals surface area contributed by atoms with Gasteiger partial charge in [0.1, 0.15) is 0 Å². The molecule has 1 heterocycles. The van der Waals surface area contributed by atoms with Crippen molar-refractivity contribution in [2.45, 2.75) is 11.8 Å². The van der Waals surface area contributed by atoms with Crippen molar-refractivity contribution in [2.24, 2.45) is 0 Å². The van der Waals surface area contributed by atoms with E-state index < -0.39 is 11.6 Å². The van der Waals surface area contributed by atoms with Crippen LogP contribution in [0.4, 0.5) is 8.78 Å². The first-order chi connectivity index (χ1) is 8.00. The quantitative estimate of drug-likeness (QED) is 0.595. The van der Waals surface area contributed by atoms with Crippen molar-refractivity contribution in [3.63, 3.8) is 0 Å². The van der Waals surface area contributed by atoms with Crippen LogP contribution in [0.15, 0.2) is 28.1 Å². The zero-order chi connectivity index (χ0) is 12.6. The molecule has 1 unspecified atom stereocenters. The maximum absolute atomic E-state index is 13.6. The minimum atomic E-state index is -0.820. The number of rotatable bonds is 2. The van der Waals surface area contributed by atoms with Crippen LogP contribution in [0.1, 0.15) is 20.8 Å². The van der Waals surface area contributed by atoms with E-state index in [1.807, 2.05) is 13.0 Å². The van der Waals surface area contributed by atoms with Gasteiger partial charge in [-0.15, -0.1) is 11.3 Å². The predicted octanol–water partition coefficient (Wildman–Crippen LogP) is 5.58. The molecule has 0 aliphatic heterocycles. The standard InChI is InChI=1S/C12H8Br2F2S/c1-6-5-9(17-12(6)14)10(13)7-3-2-4-8(15)11(7)16/h2-5,10H,1H3. The van der Waals surface area contributed by atoms with Gasteiger partial charge in [-0.2, -0.15) is 0 Å². The van der Waals surface area contributed by atoms with Crippen LogP contribution in [0.2, 0.25) is 0 Å². The summed E-state index contributed by atoms with van der Waals surface area (Å²) in [6.45, 7) is 1.96. The average Bonchev–Trinajstić information content (AvgIpc) is 2.62. The molecule has 17 heavy (non-hydrogen) atoms. The molecule has 2 aromatic rings. The zero-order valence-electron chi connectivity index (χ0n) is 8.81. The van der Waals surface area contributed by atoms with Crippen molar-refractivity contribution in [1.29, 1.82) is 0 Å². The molecular weight excluding hydrogens is 374 g/mol. The van der Waals surface area contributed by atoms with Crippen molar-refractivity contribution >= 4 is 43.2 Å². The third-order valence-electron chi connectivity index (χ3n) is 2.38. The normalized spacial score (nSPS) is 12.8. The Balaban J connectivity index is 2.43. The summed E-state index contributed by atoms with van der Waals surface area (Å²) in [7, 11) is 0. The van der Waals surface area contributed by atoms with E-state index in [0.717, 1.165) is 20.3 Å². The van der Waals surface area contributed by atoms with Crippen molar-refractivity contribution in [3.8, 4) is 0 Å². The van der Waals surface area contributed by atoms with Crippen LogP contribution in [-0.4, -0.2) is 0 Å². The number of aryl methyl sites for hydroxylation is 1. The molecule has 0 aliphatic rings. The fourth-order valence-corrected chi connectivity index (χ4v) is 3.81. The molecule has 0 fully saturated rings. The number of hydrogen-bond acceptors (Lipinski definition) is 1. The number of alkyl halides is 1. The second kappa shape index (κ2) is 5.16. The molecule has 1 aromatic heterocycles. The molecular formula is C12H8Br2F2S. The minimum absolute atomic E-state index is 0.318. The van der Waals surface area contributed by atoms with Gasteiger partial charge in [0.15, 0.2) is 11.6 Å². The molecule has 0 spiro atoms. The maximum atomic E-state index is 13.6. The number of benzene rings is 1. The first-order valence-corrected chi connectivity index (χ1v) is 7.37. The lowest BCUT2D eigenvalue weighted by Crippen LogP contribution is -1.97. The van der Waals surface area contributed by atoms with Crippen molar-refractivity contribution in [2.75, 3.05) is 0 Å². The molecule has 0 saturated heterocycles. The van der Waals surface area contributed by atoms with Gasteiger partial charge in [-0.05, 0) is 40.5 Å². The number of thiophene rings is 1. The fraction of sp³-hybridized carbons (Fsp3) is 0.167. The van der Waals surface area contributed by atoms with Crippen molar-refractivity contribution in [3.05, 3.63) is 55.7 Å². The largest absolute Gasteiger partial charge is 0.204 e.